The van der Waals surface area contributed by atoms with Crippen LogP contribution >= 0.6 is 0 Å². The van der Waals surface area contributed by atoms with E-state index >= 15 is 0 Å². The maximum Gasteiger partial charge on any atom is 0.241 e. The van der Waals surface area contributed by atoms with Gasteiger partial charge in [-0.2, -0.15) is 0 Å². The number of carbonyl (C=O) groups is 1. The van der Waals surface area contributed by atoms with Gasteiger partial charge in [0.1, 0.15) is 0 Å². The van der Waals surface area contributed by atoms with E-state index < -0.39 is 0 Å². The first-order valence-corrected chi connectivity index (χ1v) is 7.57. The Labute approximate surface area is 111 Å². The first-order valence-electron chi connectivity index (χ1n) is 7.57. The van der Waals surface area contributed by atoms with E-state index in [1.165, 1.54) is 25.7 Å². The number of hydrogen-bond donors (Lipinski definition) is 1. The monoisotopic (exact) mass is 252 g/mol. The van der Waals surface area contributed by atoms with Gasteiger partial charge >= 0.3 is 0 Å². The van der Waals surface area contributed by atoms with E-state index in [4.69, 9.17) is 0 Å². The van der Waals surface area contributed by atoms with Crippen molar-refractivity contribution >= 4 is 5.91 Å². The molecule has 0 aromatic rings. The molecule has 3 heteroatoms. The van der Waals surface area contributed by atoms with Gasteiger partial charge in [-0.05, 0) is 30.6 Å². The zero-order chi connectivity index (χ0) is 13.3. The summed E-state index contributed by atoms with van der Waals surface area (Å²) in [5.41, 5.74) is 0. The molecule has 3 nitrogen and oxygen atoms in total. The summed E-state index contributed by atoms with van der Waals surface area (Å²) in [4.78, 5) is 14.5. The van der Waals surface area contributed by atoms with Crippen molar-refractivity contribution in [2.75, 3.05) is 6.54 Å². The van der Waals surface area contributed by atoms with Crippen molar-refractivity contribution in [2.45, 2.75) is 65.6 Å². The molecule has 1 saturated heterocycles. The van der Waals surface area contributed by atoms with Crippen LogP contribution in [0, 0.1) is 17.8 Å². The van der Waals surface area contributed by atoms with Crippen LogP contribution in [0.25, 0.3) is 0 Å². The third-order valence-corrected chi connectivity index (χ3v) is 4.24. The molecule has 104 valence electrons. The topological polar surface area (TPSA) is 32.3 Å². The zero-order valence-electron chi connectivity index (χ0n) is 12.3. The Kier molecular flexibility index (Phi) is 4.31. The van der Waals surface area contributed by atoms with Gasteiger partial charge in [0.05, 0.1) is 12.2 Å². The van der Waals surface area contributed by atoms with Crippen LogP contribution in [0.4, 0.5) is 0 Å². The largest absolute Gasteiger partial charge is 0.326 e. The van der Waals surface area contributed by atoms with Gasteiger partial charge in [0.15, 0.2) is 0 Å². The molecule has 0 bridgehead atoms. The third kappa shape index (κ3) is 3.05. The molecule has 2 aliphatic rings. The lowest BCUT2D eigenvalue weighted by atomic mass is 10.0. The van der Waals surface area contributed by atoms with Gasteiger partial charge in [-0.3, -0.25) is 10.1 Å². The second-order valence-corrected chi connectivity index (χ2v) is 6.69. The lowest BCUT2D eigenvalue weighted by Crippen LogP contribution is -2.42. The number of nitrogens with one attached hydrogen (secondary N) is 1. The molecule has 1 saturated carbocycles. The van der Waals surface area contributed by atoms with Crippen molar-refractivity contribution in [1.82, 2.24) is 10.2 Å². The fourth-order valence-electron chi connectivity index (χ4n) is 2.90. The quantitative estimate of drug-likeness (QED) is 0.788. The van der Waals surface area contributed by atoms with Gasteiger partial charge in [-0.25, -0.2) is 0 Å². The van der Waals surface area contributed by atoms with E-state index in [9.17, 15) is 4.79 Å². The van der Waals surface area contributed by atoms with Crippen molar-refractivity contribution in [1.29, 1.82) is 0 Å². The Bertz CT molecular complexity index is 297. The van der Waals surface area contributed by atoms with Gasteiger partial charge in [0.2, 0.25) is 5.91 Å². The smallest absolute Gasteiger partial charge is 0.241 e. The molecule has 18 heavy (non-hydrogen) atoms. The van der Waals surface area contributed by atoms with Crippen LogP contribution in [0.2, 0.25) is 0 Å². The summed E-state index contributed by atoms with van der Waals surface area (Å²) in [6.07, 6.45) is 5.54. The maximum atomic E-state index is 12.4. The second-order valence-electron chi connectivity index (χ2n) is 6.69. The Hall–Kier alpha value is -0.570. The van der Waals surface area contributed by atoms with E-state index in [0.29, 0.717) is 17.7 Å². The minimum absolute atomic E-state index is 0.0262. The highest BCUT2D eigenvalue weighted by Crippen LogP contribution is 2.34. The van der Waals surface area contributed by atoms with Gasteiger partial charge in [0.25, 0.3) is 0 Å². The molecule has 0 radical (unpaired) electrons. The van der Waals surface area contributed by atoms with E-state index in [0.717, 1.165) is 12.5 Å². The van der Waals surface area contributed by atoms with Gasteiger partial charge in [-0.15, -0.1) is 0 Å². The molecule has 2 atom stereocenters. The zero-order valence-corrected chi connectivity index (χ0v) is 12.3. The molecule has 0 aromatic heterocycles. The Balaban J connectivity index is 1.92. The van der Waals surface area contributed by atoms with Crippen LogP contribution in [0.15, 0.2) is 0 Å². The molecule has 0 aromatic carbocycles. The number of rotatable bonds is 6. The van der Waals surface area contributed by atoms with E-state index in [1.807, 2.05) is 0 Å². The fraction of sp³-hybridized carbons (Fsp3) is 0.933. The standard InChI is InChI=1S/C15H28N2O/c1-10(2)13-15(18)17(14(16-13)11(3)4)9-5-6-12-7-8-12/h10-14,16H,5-9H2,1-4H3. The Morgan fingerprint density at radius 1 is 1.22 bits per heavy atom. The van der Waals surface area contributed by atoms with Crippen molar-refractivity contribution in [2.24, 2.45) is 17.8 Å². The van der Waals surface area contributed by atoms with Crippen molar-refractivity contribution in [3.8, 4) is 0 Å². The molecule has 1 aliphatic carbocycles. The Morgan fingerprint density at radius 2 is 1.89 bits per heavy atom. The van der Waals surface area contributed by atoms with Gasteiger partial charge in [-0.1, -0.05) is 40.5 Å². The fourth-order valence-corrected chi connectivity index (χ4v) is 2.90. The average molecular weight is 252 g/mol. The first kappa shape index (κ1) is 13.9. The summed E-state index contributed by atoms with van der Waals surface area (Å²) in [7, 11) is 0. The minimum Gasteiger partial charge on any atom is -0.326 e. The number of hydrogen-bond acceptors (Lipinski definition) is 2. The van der Waals surface area contributed by atoms with Gasteiger partial charge < -0.3 is 4.90 Å². The van der Waals surface area contributed by atoms with Crippen LogP contribution in [0.1, 0.15) is 53.4 Å². The normalized spacial score (nSPS) is 28.8. The molecule has 1 heterocycles. The van der Waals surface area contributed by atoms with E-state index in [2.05, 4.69) is 37.9 Å². The summed E-state index contributed by atoms with van der Waals surface area (Å²) >= 11 is 0. The molecule has 2 unspecified atom stereocenters. The summed E-state index contributed by atoms with van der Waals surface area (Å²) in [6, 6.07) is 0.0262. The summed E-state index contributed by atoms with van der Waals surface area (Å²) in [5.74, 6) is 2.15. The van der Waals surface area contributed by atoms with Crippen LogP contribution in [0.3, 0.4) is 0 Å². The number of carbonyl (C=O) groups excluding carboxylic acids is 1. The summed E-state index contributed by atoms with van der Waals surface area (Å²) in [5, 5.41) is 3.52. The molecule has 1 N–H and O–H groups in total. The summed E-state index contributed by atoms with van der Waals surface area (Å²) in [6.45, 7) is 9.58. The maximum absolute atomic E-state index is 12.4. The second kappa shape index (κ2) is 5.60. The van der Waals surface area contributed by atoms with Crippen molar-refractivity contribution < 1.29 is 4.79 Å². The molecule has 1 aliphatic heterocycles. The molecule has 2 fully saturated rings. The van der Waals surface area contributed by atoms with Crippen molar-refractivity contribution in [3.63, 3.8) is 0 Å². The lowest BCUT2D eigenvalue weighted by Gasteiger charge is -2.27. The van der Waals surface area contributed by atoms with Gasteiger partial charge in [0, 0.05) is 6.54 Å². The molecule has 2 rings (SSSR count). The van der Waals surface area contributed by atoms with Crippen LogP contribution < -0.4 is 5.32 Å². The SMILES string of the molecule is CC(C)C1NC(C(C)C)N(CCCC2CC2)C1=O. The highest BCUT2D eigenvalue weighted by Gasteiger charge is 2.41. The predicted molar refractivity (Wildman–Crippen MR) is 74.1 cm³/mol. The number of nitrogens with zero attached hydrogens (tertiary/aromatic N) is 1. The molecule has 1 amide bonds. The van der Waals surface area contributed by atoms with E-state index in [1.54, 1.807) is 0 Å². The van der Waals surface area contributed by atoms with Crippen LogP contribution in [-0.2, 0) is 4.79 Å². The highest BCUT2D eigenvalue weighted by atomic mass is 16.2. The number of amides is 1. The lowest BCUT2D eigenvalue weighted by molar-refractivity contribution is -0.131. The average Bonchev–Trinajstić information content (AvgIpc) is 3.03. The predicted octanol–water partition coefficient (Wildman–Crippen LogP) is 2.62. The Morgan fingerprint density at radius 3 is 2.39 bits per heavy atom. The van der Waals surface area contributed by atoms with Crippen LogP contribution in [-0.4, -0.2) is 29.6 Å². The van der Waals surface area contributed by atoms with Crippen LogP contribution in [0.5, 0.6) is 0 Å². The first-order chi connectivity index (χ1) is 8.50. The molecular weight excluding hydrogens is 224 g/mol. The summed E-state index contributed by atoms with van der Waals surface area (Å²) < 4.78 is 0. The van der Waals surface area contributed by atoms with Crippen molar-refractivity contribution in [3.05, 3.63) is 0 Å². The highest BCUT2D eigenvalue weighted by molar-refractivity contribution is 5.84. The van der Waals surface area contributed by atoms with E-state index in [-0.39, 0.29) is 12.2 Å². The third-order valence-electron chi connectivity index (χ3n) is 4.24. The molecular formula is C15H28N2O. The molecule has 0 spiro atoms. The minimum atomic E-state index is 0.0262.